The van der Waals surface area contributed by atoms with E-state index in [1.165, 1.54) is 43.2 Å². The van der Waals surface area contributed by atoms with Gasteiger partial charge in [0, 0.05) is 34.8 Å². The fraction of sp³-hybridized carbons (Fsp3) is 0.743. The highest BCUT2D eigenvalue weighted by Crippen LogP contribution is 2.30. The number of amides is 5. The van der Waals surface area contributed by atoms with Crippen molar-refractivity contribution in [1.82, 2.24) is 46.9 Å². The van der Waals surface area contributed by atoms with Crippen LogP contribution in [0.5, 0.6) is 0 Å². The summed E-state index contributed by atoms with van der Waals surface area (Å²) < 4.78 is 15.9. The van der Waals surface area contributed by atoms with Crippen molar-refractivity contribution in [3.05, 3.63) is 23.4 Å². The Morgan fingerprint density at radius 1 is 0.702 bits per heavy atom. The van der Waals surface area contributed by atoms with Crippen molar-refractivity contribution in [2.24, 2.45) is 17.6 Å². The molecule has 4 rings (SSSR count). The number of carbonyl (C=O) groups excluding carboxylic acids is 5. The van der Waals surface area contributed by atoms with Crippen LogP contribution in [0.2, 0.25) is 0 Å². The van der Waals surface area contributed by atoms with Gasteiger partial charge in [0.05, 0.1) is 6.04 Å². The highest BCUT2D eigenvalue weighted by atomic mass is 33.1. The average Bonchev–Trinajstić information content (AvgIpc) is 3.81. The van der Waals surface area contributed by atoms with Crippen LogP contribution < -0.4 is 32.3 Å². The number of aromatic nitrogens is 4. The first-order chi connectivity index (χ1) is 26.7. The first-order valence-corrected chi connectivity index (χ1v) is 23.8. The predicted molar refractivity (Wildman–Crippen MR) is 223 cm³/mol. The van der Waals surface area contributed by atoms with E-state index in [1.54, 1.807) is 20.8 Å². The largest absolute Gasteiger partial charge is 0.444 e. The molecule has 57 heavy (non-hydrogen) atoms. The van der Waals surface area contributed by atoms with Crippen molar-refractivity contribution in [2.75, 3.05) is 23.0 Å². The summed E-state index contributed by atoms with van der Waals surface area (Å²) in [6.45, 7) is 20.8. The molecule has 2 aliphatic heterocycles. The lowest BCUT2D eigenvalue weighted by atomic mass is 10.0. The monoisotopic (exact) mass is 874 g/mol. The van der Waals surface area contributed by atoms with Gasteiger partial charge in [-0.05, 0) is 32.6 Å². The quantitative estimate of drug-likeness (QED) is 0.0970. The molecule has 2 aromatic rings. The van der Waals surface area contributed by atoms with Crippen LogP contribution in [0.3, 0.4) is 0 Å². The highest BCUT2D eigenvalue weighted by molar-refractivity contribution is 8.77. The number of ether oxygens (including phenoxy) is 1. The number of nitrogens with two attached hydrogens (primary N) is 1. The zero-order valence-electron chi connectivity index (χ0n) is 34.4. The van der Waals surface area contributed by atoms with Crippen LogP contribution in [0.1, 0.15) is 124 Å². The summed E-state index contributed by atoms with van der Waals surface area (Å²) in [5, 5.41) is 21.7. The molecule has 4 heterocycles. The predicted octanol–water partition coefficient (Wildman–Crippen LogP) is 3.99. The van der Waals surface area contributed by atoms with E-state index in [1.807, 2.05) is 55.4 Å². The van der Waals surface area contributed by atoms with Gasteiger partial charge in [0.2, 0.25) is 35.4 Å². The molecule has 0 bridgehead atoms. The summed E-state index contributed by atoms with van der Waals surface area (Å²) >= 11 is 0. The Bertz CT molecular complexity index is 1650. The minimum absolute atomic E-state index is 0.0201. The molecule has 320 valence electrons. The number of rotatable bonds is 17. The van der Waals surface area contributed by atoms with E-state index >= 15 is 0 Å². The Morgan fingerprint density at radius 2 is 1.14 bits per heavy atom. The standard InChI is InChI=1S/C20H33N5O5S2.C15H25N5O3S2/c1-10(2)14-17(27)21-12(16(26)23-14)8-31-32-9-13(22-19(28)29-20(5,6)7)18-24-15(11(3)4)25-30-18;1-7(2)11-14(22)17-10(13(21)18-11)6-25-24-5-9(16)15-19-12(8(3)4)20-23-15/h10-14H,8-9H2,1-7H3,(H,21,27)(H,22,28)(H,23,26);7-11H,5-6,16H2,1-4H3,(H,17,22)(H,18,21)/t12-,13-,14?;9-,10-,11?/m00/s1. The Balaban J connectivity index is 0.000000315. The van der Waals surface area contributed by atoms with Gasteiger partial charge in [-0.2, -0.15) is 9.97 Å². The second kappa shape index (κ2) is 22.2. The summed E-state index contributed by atoms with van der Waals surface area (Å²) in [7, 11) is 5.83. The number of alkyl carbamates (subject to hydrolysis) is 1. The SMILES string of the molecule is CC(C)c1noc([C@@H](N)CSSC[C@@H]2NC(=O)C(C(C)C)NC2=O)n1.CC(C)c1noc([C@H](CSSC[C@@H]2NC(=O)C(C(C)C)NC2=O)NC(=O)OC(C)(C)C)n1. The maximum Gasteiger partial charge on any atom is 0.408 e. The number of piperazine rings is 2. The molecule has 18 nitrogen and oxygen atoms in total. The van der Waals surface area contributed by atoms with Gasteiger partial charge in [0.25, 0.3) is 0 Å². The number of hydrogen-bond donors (Lipinski definition) is 6. The molecule has 22 heteroatoms. The fourth-order valence-electron chi connectivity index (χ4n) is 4.89. The van der Waals surface area contributed by atoms with E-state index in [0.29, 0.717) is 40.6 Å². The molecule has 7 N–H and O–H groups in total. The highest BCUT2D eigenvalue weighted by Gasteiger charge is 2.36. The van der Waals surface area contributed by atoms with E-state index in [9.17, 15) is 24.0 Å². The smallest absolute Gasteiger partial charge is 0.408 e. The molecule has 0 aromatic carbocycles. The summed E-state index contributed by atoms with van der Waals surface area (Å²) in [5.74, 6) is 3.44. The van der Waals surface area contributed by atoms with Crippen LogP contribution in [0.4, 0.5) is 4.79 Å². The van der Waals surface area contributed by atoms with Crippen molar-refractivity contribution in [3.63, 3.8) is 0 Å². The Labute approximate surface area is 349 Å². The first-order valence-electron chi connectivity index (χ1n) is 18.8. The van der Waals surface area contributed by atoms with Gasteiger partial charge < -0.3 is 46.1 Å². The summed E-state index contributed by atoms with van der Waals surface area (Å²) in [4.78, 5) is 69.5. The Kier molecular flexibility index (Phi) is 18.8. The number of carbonyl (C=O) groups is 5. The molecule has 0 radical (unpaired) electrons. The van der Waals surface area contributed by atoms with Crippen molar-refractivity contribution >= 4 is 72.9 Å². The van der Waals surface area contributed by atoms with Crippen LogP contribution in [0, 0.1) is 11.8 Å². The zero-order valence-corrected chi connectivity index (χ0v) is 37.6. The minimum Gasteiger partial charge on any atom is -0.444 e. The zero-order chi connectivity index (χ0) is 42.6. The molecule has 0 spiro atoms. The van der Waals surface area contributed by atoms with E-state index in [4.69, 9.17) is 19.5 Å². The van der Waals surface area contributed by atoms with E-state index in [2.05, 4.69) is 46.9 Å². The molecule has 2 aliphatic rings. The first kappa shape index (κ1) is 48.2. The molecule has 2 saturated heterocycles. The molecule has 2 unspecified atom stereocenters. The molecule has 2 aromatic heterocycles. The van der Waals surface area contributed by atoms with Crippen LogP contribution in [-0.2, 0) is 23.9 Å². The lowest BCUT2D eigenvalue weighted by Gasteiger charge is -2.31. The maximum absolute atomic E-state index is 12.3. The minimum atomic E-state index is -0.644. The normalized spacial score (nSPS) is 21.1. The number of hydrogen-bond acceptors (Lipinski definition) is 17. The van der Waals surface area contributed by atoms with Crippen molar-refractivity contribution < 1.29 is 37.8 Å². The molecule has 0 aliphatic carbocycles. The van der Waals surface area contributed by atoms with E-state index in [0.717, 1.165) is 0 Å². The third-order valence-electron chi connectivity index (χ3n) is 8.13. The van der Waals surface area contributed by atoms with Crippen molar-refractivity contribution in [2.45, 2.75) is 130 Å². The Hall–Kier alpha value is -3.21. The third-order valence-corrected chi connectivity index (χ3v) is 13.0. The summed E-state index contributed by atoms with van der Waals surface area (Å²) in [5.41, 5.74) is 5.41. The van der Waals surface area contributed by atoms with Crippen LogP contribution in [0.25, 0.3) is 0 Å². The van der Waals surface area contributed by atoms with Gasteiger partial charge in [0.15, 0.2) is 11.6 Å². The van der Waals surface area contributed by atoms with Crippen LogP contribution >= 0.6 is 43.2 Å². The second-order valence-electron chi connectivity index (χ2n) is 15.8. The van der Waals surface area contributed by atoms with Gasteiger partial charge in [-0.3, -0.25) is 19.2 Å². The van der Waals surface area contributed by atoms with Crippen LogP contribution in [-0.4, -0.2) is 103 Å². The lowest BCUT2D eigenvalue weighted by molar-refractivity contribution is -0.137. The number of nitrogens with one attached hydrogen (secondary N) is 5. The van der Waals surface area contributed by atoms with Gasteiger partial charge in [-0.25, -0.2) is 4.79 Å². The molecule has 5 amide bonds. The van der Waals surface area contributed by atoms with Crippen molar-refractivity contribution in [1.29, 1.82) is 0 Å². The average molecular weight is 875 g/mol. The third kappa shape index (κ3) is 15.5. The van der Waals surface area contributed by atoms with Gasteiger partial charge in [0.1, 0.15) is 35.8 Å². The van der Waals surface area contributed by atoms with Crippen molar-refractivity contribution in [3.8, 4) is 0 Å². The molecule has 0 saturated carbocycles. The summed E-state index contributed by atoms with van der Waals surface area (Å²) in [6, 6.07) is -3.02. The molecular formula is C35H58N10O8S4. The lowest BCUT2D eigenvalue weighted by Crippen LogP contribution is -2.63. The maximum atomic E-state index is 12.3. The van der Waals surface area contributed by atoms with Gasteiger partial charge >= 0.3 is 6.09 Å². The molecular weight excluding hydrogens is 817 g/mol. The Morgan fingerprint density at radius 3 is 1.56 bits per heavy atom. The van der Waals surface area contributed by atoms with E-state index in [-0.39, 0.29) is 59.2 Å². The van der Waals surface area contributed by atoms with Gasteiger partial charge in [-0.15, -0.1) is 0 Å². The fourth-order valence-corrected chi connectivity index (χ4v) is 9.48. The van der Waals surface area contributed by atoms with E-state index < -0.39 is 41.9 Å². The van der Waals surface area contributed by atoms with Gasteiger partial charge in [-0.1, -0.05) is 109 Å². The molecule has 6 atom stereocenters. The summed E-state index contributed by atoms with van der Waals surface area (Å²) in [6.07, 6.45) is -0.587. The molecule has 2 fully saturated rings. The number of nitrogens with zero attached hydrogens (tertiary/aromatic N) is 4. The second-order valence-corrected chi connectivity index (χ2v) is 20.9. The van der Waals surface area contributed by atoms with Crippen LogP contribution in [0.15, 0.2) is 9.05 Å². The topological polar surface area (TPSA) is 259 Å².